The second-order valence-corrected chi connectivity index (χ2v) is 4.93. The van der Waals surface area contributed by atoms with E-state index in [1.54, 1.807) is 13.8 Å². The summed E-state index contributed by atoms with van der Waals surface area (Å²) >= 11 is 0. The minimum atomic E-state index is -0.768. The van der Waals surface area contributed by atoms with E-state index in [-0.39, 0.29) is 0 Å². The zero-order chi connectivity index (χ0) is 13.2. The van der Waals surface area contributed by atoms with Gasteiger partial charge in [-0.15, -0.1) is 0 Å². The van der Waals surface area contributed by atoms with Crippen molar-refractivity contribution in [3.8, 4) is 0 Å². The summed E-state index contributed by atoms with van der Waals surface area (Å²) in [4.78, 5) is 10.6. The number of nitrogen functional groups attached to an aromatic ring is 1. The Balaban J connectivity index is 3.12. The monoisotopic (exact) mass is 238 g/mol. The van der Waals surface area contributed by atoms with Gasteiger partial charge in [0, 0.05) is 18.7 Å². The van der Waals surface area contributed by atoms with Crippen molar-refractivity contribution in [2.24, 2.45) is 0 Å². The lowest BCUT2D eigenvalue weighted by Crippen LogP contribution is -2.39. The number of aromatic nitrogens is 2. The second kappa shape index (κ2) is 4.87. The molecule has 0 aliphatic carbocycles. The van der Waals surface area contributed by atoms with Crippen LogP contribution in [0.3, 0.4) is 0 Å². The van der Waals surface area contributed by atoms with E-state index in [9.17, 15) is 5.11 Å². The number of anilines is 2. The van der Waals surface area contributed by atoms with Crippen molar-refractivity contribution in [3.05, 3.63) is 11.4 Å². The van der Waals surface area contributed by atoms with Gasteiger partial charge in [0.2, 0.25) is 0 Å². The minimum Gasteiger partial charge on any atom is -0.389 e. The molecule has 5 heteroatoms. The number of nitrogens with zero attached hydrogens (tertiary/aromatic N) is 3. The largest absolute Gasteiger partial charge is 0.389 e. The first-order chi connectivity index (χ1) is 7.74. The van der Waals surface area contributed by atoms with E-state index in [2.05, 4.69) is 9.97 Å². The van der Waals surface area contributed by atoms with Crippen molar-refractivity contribution in [1.29, 1.82) is 0 Å². The lowest BCUT2D eigenvalue weighted by atomic mass is 10.1. The van der Waals surface area contributed by atoms with Crippen LogP contribution in [-0.2, 0) is 0 Å². The van der Waals surface area contributed by atoms with Crippen molar-refractivity contribution in [2.75, 3.05) is 23.7 Å². The Labute approximate surface area is 103 Å². The molecule has 0 amide bonds. The average Bonchev–Trinajstić information content (AvgIpc) is 2.18. The molecule has 3 N–H and O–H groups in total. The lowest BCUT2D eigenvalue weighted by Gasteiger charge is -2.30. The van der Waals surface area contributed by atoms with Crippen LogP contribution in [0.5, 0.6) is 0 Å². The number of likely N-dealkylation sites (N-methyl/N-ethyl adjacent to an activating group) is 1. The van der Waals surface area contributed by atoms with Crippen molar-refractivity contribution < 1.29 is 5.11 Å². The van der Waals surface area contributed by atoms with Gasteiger partial charge in [0.15, 0.2) is 0 Å². The molecular weight excluding hydrogens is 216 g/mol. The normalized spacial score (nSPS) is 11.6. The number of rotatable bonds is 4. The Morgan fingerprint density at radius 1 is 1.29 bits per heavy atom. The predicted octanol–water partition coefficient (Wildman–Crippen LogP) is 1.27. The third kappa shape index (κ3) is 3.56. The Bertz CT molecular complexity index is 398. The molecule has 0 radical (unpaired) electrons. The molecule has 5 nitrogen and oxygen atoms in total. The number of nitrogens with two attached hydrogens (primary N) is 1. The molecule has 0 bridgehead atoms. The number of hydrogen-bond donors (Lipinski definition) is 2. The van der Waals surface area contributed by atoms with E-state index in [0.29, 0.717) is 18.2 Å². The molecule has 0 atom stereocenters. The van der Waals surface area contributed by atoms with Gasteiger partial charge >= 0.3 is 0 Å². The Morgan fingerprint density at radius 2 is 1.88 bits per heavy atom. The first-order valence-corrected chi connectivity index (χ1v) is 5.82. The van der Waals surface area contributed by atoms with Crippen LogP contribution in [0.25, 0.3) is 0 Å². The van der Waals surface area contributed by atoms with Crippen LogP contribution >= 0.6 is 0 Å². The summed E-state index contributed by atoms with van der Waals surface area (Å²) < 4.78 is 0. The lowest BCUT2D eigenvalue weighted by molar-refractivity contribution is 0.0874. The third-order valence-electron chi connectivity index (χ3n) is 2.53. The number of aliphatic hydroxyl groups is 1. The second-order valence-electron chi connectivity index (χ2n) is 4.93. The van der Waals surface area contributed by atoms with E-state index in [1.165, 1.54) is 0 Å². The predicted molar refractivity (Wildman–Crippen MR) is 70.1 cm³/mol. The highest BCUT2D eigenvalue weighted by molar-refractivity contribution is 5.56. The molecule has 0 aliphatic rings. The Hall–Kier alpha value is -1.36. The minimum absolute atomic E-state index is 0.502. The van der Waals surface area contributed by atoms with Crippen molar-refractivity contribution in [3.63, 3.8) is 0 Å². The molecule has 0 saturated heterocycles. The summed E-state index contributed by atoms with van der Waals surface area (Å²) in [5, 5.41) is 9.89. The standard InChI is InChI=1S/C12H22N4O/c1-6-16(7-12(4,5)17)11-8(2)10(13)14-9(3)15-11/h17H,6-7H2,1-5H3,(H2,13,14,15). The van der Waals surface area contributed by atoms with Gasteiger partial charge in [-0.25, -0.2) is 9.97 Å². The van der Waals surface area contributed by atoms with Gasteiger partial charge in [0.05, 0.1) is 5.60 Å². The zero-order valence-electron chi connectivity index (χ0n) is 11.3. The highest BCUT2D eigenvalue weighted by Crippen LogP contribution is 2.22. The fraction of sp³-hybridized carbons (Fsp3) is 0.667. The third-order valence-corrected chi connectivity index (χ3v) is 2.53. The highest BCUT2D eigenvalue weighted by atomic mass is 16.3. The van der Waals surface area contributed by atoms with E-state index >= 15 is 0 Å². The highest BCUT2D eigenvalue weighted by Gasteiger charge is 2.20. The van der Waals surface area contributed by atoms with Gasteiger partial charge in [-0.1, -0.05) is 0 Å². The molecule has 1 aromatic heterocycles. The fourth-order valence-electron chi connectivity index (χ4n) is 1.75. The molecule has 1 aromatic rings. The van der Waals surface area contributed by atoms with Crippen LogP contribution in [0.4, 0.5) is 11.6 Å². The molecular formula is C12H22N4O. The summed E-state index contributed by atoms with van der Waals surface area (Å²) in [6.45, 7) is 10.6. The van der Waals surface area contributed by atoms with Gasteiger partial charge in [-0.3, -0.25) is 0 Å². The summed E-state index contributed by atoms with van der Waals surface area (Å²) in [5.74, 6) is 1.96. The van der Waals surface area contributed by atoms with E-state index in [0.717, 1.165) is 17.9 Å². The van der Waals surface area contributed by atoms with E-state index in [4.69, 9.17) is 5.73 Å². The first-order valence-electron chi connectivity index (χ1n) is 5.82. The van der Waals surface area contributed by atoms with E-state index in [1.807, 2.05) is 25.7 Å². The van der Waals surface area contributed by atoms with Crippen molar-refractivity contribution in [2.45, 2.75) is 40.2 Å². The maximum Gasteiger partial charge on any atom is 0.137 e. The van der Waals surface area contributed by atoms with E-state index < -0.39 is 5.60 Å². The number of hydrogen-bond acceptors (Lipinski definition) is 5. The fourth-order valence-corrected chi connectivity index (χ4v) is 1.75. The van der Waals surface area contributed by atoms with Gasteiger partial charge in [0.25, 0.3) is 0 Å². The van der Waals surface area contributed by atoms with Crippen molar-refractivity contribution in [1.82, 2.24) is 9.97 Å². The van der Waals surface area contributed by atoms with Gasteiger partial charge in [-0.2, -0.15) is 0 Å². The van der Waals surface area contributed by atoms with Crippen LogP contribution in [0.2, 0.25) is 0 Å². The van der Waals surface area contributed by atoms with Gasteiger partial charge in [-0.05, 0) is 34.6 Å². The summed E-state index contributed by atoms with van der Waals surface area (Å²) in [5.41, 5.74) is 5.93. The first kappa shape index (κ1) is 13.7. The molecule has 0 aliphatic heterocycles. The zero-order valence-corrected chi connectivity index (χ0v) is 11.3. The van der Waals surface area contributed by atoms with Crippen LogP contribution in [0.1, 0.15) is 32.2 Å². The van der Waals surface area contributed by atoms with Crippen LogP contribution in [0, 0.1) is 13.8 Å². The molecule has 0 saturated carbocycles. The molecule has 17 heavy (non-hydrogen) atoms. The molecule has 0 aromatic carbocycles. The summed E-state index contributed by atoms with van der Waals surface area (Å²) in [6.07, 6.45) is 0. The van der Waals surface area contributed by atoms with Gasteiger partial charge in [0.1, 0.15) is 17.5 Å². The van der Waals surface area contributed by atoms with Crippen molar-refractivity contribution >= 4 is 11.6 Å². The quantitative estimate of drug-likeness (QED) is 0.826. The van der Waals surface area contributed by atoms with Crippen LogP contribution in [-0.4, -0.2) is 33.8 Å². The molecule has 0 spiro atoms. The van der Waals surface area contributed by atoms with Crippen LogP contribution in [0.15, 0.2) is 0 Å². The summed E-state index contributed by atoms with van der Waals surface area (Å²) in [7, 11) is 0. The molecule has 96 valence electrons. The smallest absolute Gasteiger partial charge is 0.137 e. The Kier molecular flexibility index (Phi) is 3.93. The molecule has 1 heterocycles. The number of aryl methyl sites for hydroxylation is 1. The maximum atomic E-state index is 9.89. The molecule has 0 unspecified atom stereocenters. The molecule has 1 rings (SSSR count). The maximum absolute atomic E-state index is 9.89. The summed E-state index contributed by atoms with van der Waals surface area (Å²) in [6, 6.07) is 0. The molecule has 0 fully saturated rings. The SMILES string of the molecule is CCN(CC(C)(C)O)c1nc(C)nc(N)c1C. The van der Waals surface area contributed by atoms with Gasteiger partial charge < -0.3 is 15.7 Å². The Morgan fingerprint density at radius 3 is 2.35 bits per heavy atom. The van der Waals surface area contributed by atoms with Crippen LogP contribution < -0.4 is 10.6 Å². The topological polar surface area (TPSA) is 75.3 Å². The average molecular weight is 238 g/mol.